The van der Waals surface area contributed by atoms with E-state index < -0.39 is 0 Å². The minimum Gasteiger partial charge on any atom is -0.411 e. The Balaban J connectivity index is 3.09. The van der Waals surface area contributed by atoms with Crippen LogP contribution in [0.25, 0.3) is 0 Å². The summed E-state index contributed by atoms with van der Waals surface area (Å²) < 4.78 is 0. The maximum absolute atomic E-state index is 8.22. The van der Waals surface area contributed by atoms with Crippen LogP contribution in [0.2, 0.25) is 0 Å². The molecule has 3 N–H and O–H groups in total. The molecule has 0 saturated carbocycles. The molecule has 0 atom stereocenters. The Morgan fingerprint density at radius 3 is 2.91 bits per heavy atom. The molecule has 0 bridgehead atoms. The lowest BCUT2D eigenvalue weighted by Gasteiger charge is -1.97. The normalized spacial score (nSPS) is 10.6. The zero-order valence-corrected chi connectivity index (χ0v) is 6.15. The van der Waals surface area contributed by atoms with Crippen LogP contribution in [0.4, 0.5) is 5.82 Å². The van der Waals surface area contributed by atoms with Gasteiger partial charge >= 0.3 is 0 Å². The van der Waals surface area contributed by atoms with Crippen LogP contribution in [-0.2, 0) is 0 Å². The van der Waals surface area contributed by atoms with E-state index in [1.54, 1.807) is 19.1 Å². The monoisotopic (exact) mass is 151 g/mol. The molecule has 0 fully saturated rings. The second-order valence-corrected chi connectivity index (χ2v) is 2.16. The maximum Gasteiger partial charge on any atom is 0.123 e. The molecule has 4 nitrogen and oxygen atoms in total. The van der Waals surface area contributed by atoms with Crippen molar-refractivity contribution in [3.63, 3.8) is 0 Å². The highest BCUT2D eigenvalue weighted by atomic mass is 16.4. The summed E-state index contributed by atoms with van der Waals surface area (Å²) in [5, 5.41) is 11.1. The van der Waals surface area contributed by atoms with Gasteiger partial charge in [0.1, 0.15) is 5.82 Å². The molecule has 0 aliphatic rings. The summed E-state index contributed by atoms with van der Waals surface area (Å²) in [6.07, 6.45) is 1.32. The topological polar surface area (TPSA) is 71.5 Å². The average Bonchev–Trinajstić information content (AvgIpc) is 1.95. The number of nitrogens with zero attached hydrogens (tertiary/aromatic N) is 2. The molecule has 0 spiro atoms. The third-order valence-corrected chi connectivity index (χ3v) is 1.35. The van der Waals surface area contributed by atoms with Crippen molar-refractivity contribution >= 4 is 12.0 Å². The fourth-order valence-corrected chi connectivity index (χ4v) is 0.790. The Kier molecular flexibility index (Phi) is 2.06. The molecule has 0 aliphatic carbocycles. The van der Waals surface area contributed by atoms with E-state index in [9.17, 15) is 0 Å². The molecule has 1 heterocycles. The number of nitrogen functional groups attached to an aromatic ring is 1. The molecule has 11 heavy (non-hydrogen) atoms. The van der Waals surface area contributed by atoms with Crippen LogP contribution >= 0.6 is 0 Å². The number of oxime groups is 1. The van der Waals surface area contributed by atoms with Gasteiger partial charge in [0.25, 0.3) is 0 Å². The summed E-state index contributed by atoms with van der Waals surface area (Å²) in [7, 11) is 0. The molecule has 58 valence electrons. The zero-order valence-electron chi connectivity index (χ0n) is 6.15. The molecule has 0 aliphatic heterocycles. The predicted octanol–water partition coefficient (Wildman–Crippen LogP) is 0.780. The van der Waals surface area contributed by atoms with Crippen LogP contribution < -0.4 is 5.73 Å². The van der Waals surface area contributed by atoms with Crippen molar-refractivity contribution < 1.29 is 5.21 Å². The second-order valence-electron chi connectivity index (χ2n) is 2.16. The van der Waals surface area contributed by atoms with E-state index in [-0.39, 0.29) is 0 Å². The summed E-state index contributed by atoms with van der Waals surface area (Å²) >= 11 is 0. The van der Waals surface area contributed by atoms with Crippen LogP contribution in [0, 0.1) is 6.92 Å². The molecule has 0 radical (unpaired) electrons. The van der Waals surface area contributed by atoms with Crippen LogP contribution in [0.5, 0.6) is 0 Å². The van der Waals surface area contributed by atoms with Gasteiger partial charge in [0.15, 0.2) is 0 Å². The van der Waals surface area contributed by atoms with Gasteiger partial charge in [-0.1, -0.05) is 5.16 Å². The Bertz CT molecular complexity index is 283. The van der Waals surface area contributed by atoms with Crippen molar-refractivity contribution in [1.29, 1.82) is 0 Å². The van der Waals surface area contributed by atoms with E-state index in [4.69, 9.17) is 10.9 Å². The van der Waals surface area contributed by atoms with Gasteiger partial charge in [0.2, 0.25) is 0 Å². The van der Waals surface area contributed by atoms with Crippen molar-refractivity contribution in [3.05, 3.63) is 23.4 Å². The number of aromatic nitrogens is 1. The summed E-state index contributed by atoms with van der Waals surface area (Å²) in [5.41, 5.74) is 6.92. The lowest BCUT2D eigenvalue weighted by molar-refractivity contribution is 0.322. The first-order valence-corrected chi connectivity index (χ1v) is 3.14. The van der Waals surface area contributed by atoms with Crippen molar-refractivity contribution in [2.75, 3.05) is 5.73 Å². The minimum absolute atomic E-state index is 0.470. The number of hydrogen-bond acceptors (Lipinski definition) is 4. The lowest BCUT2D eigenvalue weighted by atomic mass is 10.2. The third-order valence-electron chi connectivity index (χ3n) is 1.35. The zero-order chi connectivity index (χ0) is 8.27. The summed E-state index contributed by atoms with van der Waals surface area (Å²) in [6, 6.07) is 3.40. The minimum atomic E-state index is 0.470. The molecule has 1 rings (SSSR count). The Morgan fingerprint density at radius 1 is 1.64 bits per heavy atom. The largest absolute Gasteiger partial charge is 0.411 e. The van der Waals surface area contributed by atoms with Crippen LogP contribution in [0.1, 0.15) is 11.3 Å². The van der Waals surface area contributed by atoms with Gasteiger partial charge in [-0.05, 0) is 19.1 Å². The van der Waals surface area contributed by atoms with Gasteiger partial charge in [-0.3, -0.25) is 0 Å². The van der Waals surface area contributed by atoms with E-state index in [1.165, 1.54) is 6.21 Å². The van der Waals surface area contributed by atoms with Gasteiger partial charge in [-0.15, -0.1) is 0 Å². The van der Waals surface area contributed by atoms with Crippen LogP contribution in [0.15, 0.2) is 17.3 Å². The molecule has 1 aromatic heterocycles. The number of anilines is 1. The maximum atomic E-state index is 8.22. The van der Waals surface area contributed by atoms with E-state index in [0.717, 1.165) is 11.3 Å². The van der Waals surface area contributed by atoms with Crippen molar-refractivity contribution in [2.45, 2.75) is 6.92 Å². The number of rotatable bonds is 1. The highest BCUT2D eigenvalue weighted by Crippen LogP contribution is 2.04. The third kappa shape index (κ3) is 1.67. The fourth-order valence-electron chi connectivity index (χ4n) is 0.790. The Morgan fingerprint density at radius 2 is 2.36 bits per heavy atom. The molecule has 1 aromatic rings. The van der Waals surface area contributed by atoms with Crippen molar-refractivity contribution in [1.82, 2.24) is 4.98 Å². The predicted molar refractivity (Wildman–Crippen MR) is 42.8 cm³/mol. The standard InChI is InChI=1S/C7H9N3O/c1-5-6(4-9-11)2-3-7(8)10-5/h2-4,11H,1H3,(H2,8,10)/b9-4-. The van der Waals surface area contributed by atoms with E-state index in [1.807, 2.05) is 0 Å². The Labute approximate surface area is 64.4 Å². The molecule has 0 unspecified atom stereocenters. The summed E-state index contributed by atoms with van der Waals surface area (Å²) in [5.74, 6) is 0.470. The molecular weight excluding hydrogens is 142 g/mol. The van der Waals surface area contributed by atoms with Gasteiger partial charge in [0.05, 0.1) is 6.21 Å². The first-order valence-electron chi connectivity index (χ1n) is 3.14. The second kappa shape index (κ2) is 3.01. The van der Waals surface area contributed by atoms with Crippen molar-refractivity contribution in [3.8, 4) is 0 Å². The first kappa shape index (κ1) is 7.53. The SMILES string of the molecule is Cc1nc(N)ccc1/C=N\O. The Hall–Kier alpha value is -1.58. The van der Waals surface area contributed by atoms with Gasteiger partial charge in [-0.2, -0.15) is 0 Å². The number of pyridine rings is 1. The van der Waals surface area contributed by atoms with Gasteiger partial charge < -0.3 is 10.9 Å². The quantitative estimate of drug-likeness (QED) is 0.354. The van der Waals surface area contributed by atoms with Gasteiger partial charge in [0, 0.05) is 11.3 Å². The molecule has 0 aromatic carbocycles. The molecule has 0 saturated heterocycles. The van der Waals surface area contributed by atoms with E-state index in [2.05, 4.69) is 10.1 Å². The fraction of sp³-hybridized carbons (Fsp3) is 0.143. The smallest absolute Gasteiger partial charge is 0.123 e. The number of hydrogen-bond donors (Lipinski definition) is 2. The van der Waals surface area contributed by atoms with E-state index >= 15 is 0 Å². The van der Waals surface area contributed by atoms with Crippen LogP contribution in [-0.4, -0.2) is 16.4 Å². The lowest BCUT2D eigenvalue weighted by Crippen LogP contribution is -1.95. The summed E-state index contributed by atoms with van der Waals surface area (Å²) in [6.45, 7) is 1.80. The molecule has 4 heteroatoms. The molecular formula is C7H9N3O. The number of nitrogens with two attached hydrogens (primary N) is 1. The van der Waals surface area contributed by atoms with Crippen molar-refractivity contribution in [2.24, 2.45) is 5.16 Å². The summed E-state index contributed by atoms with van der Waals surface area (Å²) in [4.78, 5) is 3.97. The van der Waals surface area contributed by atoms with Gasteiger partial charge in [-0.25, -0.2) is 4.98 Å². The highest BCUT2D eigenvalue weighted by Gasteiger charge is 1.95. The number of aryl methyl sites for hydroxylation is 1. The van der Waals surface area contributed by atoms with Crippen LogP contribution in [0.3, 0.4) is 0 Å². The highest BCUT2D eigenvalue weighted by molar-refractivity contribution is 5.80. The average molecular weight is 151 g/mol. The molecule has 0 amide bonds. The first-order chi connectivity index (χ1) is 5.24. The van der Waals surface area contributed by atoms with E-state index in [0.29, 0.717) is 5.82 Å².